The molecule has 1 aliphatic rings. The number of nitriles is 1. The molecule has 0 atom stereocenters. The summed E-state index contributed by atoms with van der Waals surface area (Å²) in [5.74, 6) is 0. The van der Waals surface area contributed by atoms with Gasteiger partial charge in [0.1, 0.15) is 6.07 Å². The summed E-state index contributed by atoms with van der Waals surface area (Å²) in [7, 11) is -8.64. The van der Waals surface area contributed by atoms with Gasteiger partial charge in [0.15, 0.2) is 0 Å². The lowest BCUT2D eigenvalue weighted by molar-refractivity contribution is -0.139. The SMILES string of the molecule is N#Cc1ccccc1S(=O)(=O)N1CCN(S(=O)(=O)c2ccc(Cl)cc2C(F)(F)F)CC1. The fourth-order valence-electron chi connectivity index (χ4n) is 3.16. The van der Waals surface area contributed by atoms with Gasteiger partial charge in [0.05, 0.1) is 20.9 Å². The summed E-state index contributed by atoms with van der Waals surface area (Å²) in [5, 5.41) is 8.88. The van der Waals surface area contributed by atoms with E-state index in [1.807, 2.05) is 0 Å². The topological polar surface area (TPSA) is 98.5 Å². The molecular formula is C18H15ClF3N3O4S2. The number of alkyl halides is 3. The highest BCUT2D eigenvalue weighted by Crippen LogP contribution is 2.37. The fourth-order valence-corrected chi connectivity index (χ4v) is 6.51. The van der Waals surface area contributed by atoms with Crippen LogP contribution in [0.15, 0.2) is 52.3 Å². The molecular weight excluding hydrogens is 479 g/mol. The van der Waals surface area contributed by atoms with Gasteiger partial charge in [0, 0.05) is 31.2 Å². The van der Waals surface area contributed by atoms with Crippen LogP contribution in [-0.4, -0.2) is 51.6 Å². The first-order valence-corrected chi connectivity index (χ1v) is 12.0. The Morgan fingerprint density at radius 1 is 0.871 bits per heavy atom. The number of hydrogen-bond acceptors (Lipinski definition) is 5. The van der Waals surface area contributed by atoms with Crippen LogP contribution in [0.4, 0.5) is 13.2 Å². The molecule has 0 amide bonds. The average Bonchev–Trinajstić information content (AvgIpc) is 2.73. The van der Waals surface area contributed by atoms with Crippen LogP contribution < -0.4 is 0 Å². The maximum absolute atomic E-state index is 13.3. The lowest BCUT2D eigenvalue weighted by atomic mass is 10.2. The second kappa shape index (κ2) is 8.40. The Bertz CT molecular complexity index is 1250. The Morgan fingerprint density at radius 3 is 1.90 bits per heavy atom. The Balaban J connectivity index is 1.87. The minimum Gasteiger partial charge on any atom is -0.207 e. The van der Waals surface area contributed by atoms with Crippen LogP contribution in [-0.2, 0) is 26.2 Å². The average molecular weight is 494 g/mol. The Labute approximate surface area is 182 Å². The van der Waals surface area contributed by atoms with Crippen LogP contribution in [0.1, 0.15) is 11.1 Å². The summed E-state index contributed by atoms with van der Waals surface area (Å²) in [6.07, 6.45) is -4.94. The minimum atomic E-state index is -4.94. The number of piperazine rings is 1. The molecule has 31 heavy (non-hydrogen) atoms. The fraction of sp³-hybridized carbons (Fsp3) is 0.278. The summed E-state index contributed by atoms with van der Waals surface area (Å²) in [6.45, 7) is -1.26. The van der Waals surface area contributed by atoms with Crippen molar-refractivity contribution < 1.29 is 30.0 Å². The summed E-state index contributed by atoms with van der Waals surface area (Å²) in [6, 6.07) is 9.72. The molecule has 1 aliphatic heterocycles. The molecule has 1 saturated heterocycles. The number of sulfonamides is 2. The standard InChI is InChI=1S/C18H15ClF3N3O4S2/c19-14-5-6-17(15(11-14)18(20,21)22)31(28,29)25-9-7-24(8-10-25)30(26,27)16-4-2-1-3-13(16)12-23/h1-6,11H,7-10H2. The third kappa shape index (κ3) is 4.56. The van der Waals surface area contributed by atoms with E-state index in [1.165, 1.54) is 24.3 Å². The van der Waals surface area contributed by atoms with E-state index in [2.05, 4.69) is 0 Å². The zero-order valence-corrected chi connectivity index (χ0v) is 18.1. The molecule has 0 spiro atoms. The van der Waals surface area contributed by atoms with E-state index in [9.17, 15) is 30.0 Å². The highest BCUT2D eigenvalue weighted by Gasteiger charge is 2.41. The molecule has 1 fully saturated rings. The second-order valence-electron chi connectivity index (χ2n) is 6.55. The van der Waals surface area contributed by atoms with E-state index < -0.39 is 36.7 Å². The van der Waals surface area contributed by atoms with E-state index in [0.717, 1.165) is 20.7 Å². The maximum atomic E-state index is 13.3. The number of rotatable bonds is 4. The van der Waals surface area contributed by atoms with Crippen LogP contribution in [0.3, 0.4) is 0 Å². The van der Waals surface area contributed by atoms with Crippen molar-refractivity contribution >= 4 is 31.6 Å². The van der Waals surface area contributed by atoms with Crippen molar-refractivity contribution in [3.8, 4) is 6.07 Å². The zero-order valence-electron chi connectivity index (χ0n) is 15.7. The monoisotopic (exact) mass is 493 g/mol. The molecule has 13 heteroatoms. The lowest BCUT2D eigenvalue weighted by Crippen LogP contribution is -2.50. The molecule has 0 unspecified atom stereocenters. The van der Waals surface area contributed by atoms with Crippen LogP contribution in [0, 0.1) is 11.3 Å². The van der Waals surface area contributed by atoms with Crippen molar-refractivity contribution in [3.05, 3.63) is 58.6 Å². The summed E-state index contributed by atoms with van der Waals surface area (Å²) in [5.41, 5.74) is -1.45. The molecule has 166 valence electrons. The number of hydrogen-bond donors (Lipinski definition) is 0. The van der Waals surface area contributed by atoms with Crippen molar-refractivity contribution in [2.24, 2.45) is 0 Å². The quantitative estimate of drug-likeness (QED) is 0.652. The van der Waals surface area contributed by atoms with Gasteiger partial charge in [-0.2, -0.15) is 27.0 Å². The van der Waals surface area contributed by atoms with E-state index >= 15 is 0 Å². The molecule has 3 rings (SSSR count). The van der Waals surface area contributed by atoms with Gasteiger partial charge in [-0.05, 0) is 30.3 Å². The van der Waals surface area contributed by atoms with Crippen molar-refractivity contribution in [2.45, 2.75) is 16.0 Å². The van der Waals surface area contributed by atoms with Crippen molar-refractivity contribution in [1.29, 1.82) is 5.26 Å². The van der Waals surface area contributed by atoms with Gasteiger partial charge in [0.2, 0.25) is 20.0 Å². The molecule has 7 nitrogen and oxygen atoms in total. The predicted octanol–water partition coefficient (Wildman–Crippen LogP) is 2.93. The molecule has 1 heterocycles. The van der Waals surface area contributed by atoms with E-state index in [-0.39, 0.29) is 41.7 Å². The first-order valence-electron chi connectivity index (χ1n) is 8.75. The third-order valence-corrected chi connectivity index (χ3v) is 8.84. The van der Waals surface area contributed by atoms with Gasteiger partial charge in [-0.3, -0.25) is 0 Å². The van der Waals surface area contributed by atoms with Crippen LogP contribution in [0.5, 0.6) is 0 Å². The highest BCUT2D eigenvalue weighted by atomic mass is 35.5. The zero-order chi connectivity index (χ0) is 23.0. The summed E-state index contributed by atoms with van der Waals surface area (Å²) in [4.78, 5) is -1.17. The van der Waals surface area contributed by atoms with E-state index in [4.69, 9.17) is 16.9 Å². The molecule has 0 bridgehead atoms. The predicted molar refractivity (Wildman–Crippen MR) is 105 cm³/mol. The first kappa shape index (κ1) is 23.5. The summed E-state index contributed by atoms with van der Waals surface area (Å²) >= 11 is 5.61. The summed E-state index contributed by atoms with van der Waals surface area (Å²) < 4.78 is 93.3. The third-order valence-electron chi connectivity index (χ3n) is 4.69. The Kier molecular flexibility index (Phi) is 6.37. The number of benzene rings is 2. The van der Waals surface area contributed by atoms with Crippen LogP contribution >= 0.6 is 11.6 Å². The highest BCUT2D eigenvalue weighted by molar-refractivity contribution is 7.89. The van der Waals surface area contributed by atoms with Gasteiger partial charge in [-0.25, -0.2) is 16.8 Å². The second-order valence-corrected chi connectivity index (χ2v) is 10.8. The molecule has 2 aromatic rings. The van der Waals surface area contributed by atoms with Crippen LogP contribution in [0.2, 0.25) is 5.02 Å². The number of nitrogens with zero attached hydrogens (tertiary/aromatic N) is 3. The van der Waals surface area contributed by atoms with Crippen LogP contribution in [0.25, 0.3) is 0 Å². The van der Waals surface area contributed by atoms with Gasteiger partial charge in [-0.15, -0.1) is 0 Å². The van der Waals surface area contributed by atoms with Gasteiger partial charge in [0.25, 0.3) is 0 Å². The largest absolute Gasteiger partial charge is 0.417 e. The molecule has 0 aromatic heterocycles. The minimum absolute atomic E-state index is 0.0615. The molecule has 0 N–H and O–H groups in total. The molecule has 0 aliphatic carbocycles. The Hall–Kier alpha value is -2.17. The van der Waals surface area contributed by atoms with E-state index in [0.29, 0.717) is 6.07 Å². The molecule has 0 radical (unpaired) electrons. The van der Waals surface area contributed by atoms with Crippen molar-refractivity contribution in [2.75, 3.05) is 26.2 Å². The number of halogens is 4. The Morgan fingerprint density at radius 2 is 1.39 bits per heavy atom. The van der Waals surface area contributed by atoms with E-state index in [1.54, 1.807) is 6.07 Å². The maximum Gasteiger partial charge on any atom is 0.417 e. The first-order chi connectivity index (χ1) is 14.4. The van der Waals surface area contributed by atoms with Gasteiger partial charge >= 0.3 is 6.18 Å². The normalized spacial score (nSPS) is 16.7. The van der Waals surface area contributed by atoms with Gasteiger partial charge in [-0.1, -0.05) is 23.7 Å². The van der Waals surface area contributed by atoms with Crippen molar-refractivity contribution in [3.63, 3.8) is 0 Å². The molecule has 0 saturated carbocycles. The molecule has 2 aromatic carbocycles. The lowest BCUT2D eigenvalue weighted by Gasteiger charge is -2.33. The van der Waals surface area contributed by atoms with Crippen molar-refractivity contribution in [1.82, 2.24) is 8.61 Å². The van der Waals surface area contributed by atoms with Gasteiger partial charge < -0.3 is 0 Å². The smallest absolute Gasteiger partial charge is 0.207 e.